The first kappa shape index (κ1) is 17.9. The largest absolute Gasteiger partial charge is 0.457 e. The van der Waals surface area contributed by atoms with Gasteiger partial charge in [0.2, 0.25) is 11.8 Å². The summed E-state index contributed by atoms with van der Waals surface area (Å²) < 4.78 is 6.02. The molecule has 3 aromatic rings. The standard InChI is InChI=1S/C22H19N3O3S/c1-13(26)23-22-24-16-10-11-25(12-19(16)29-22)21(27)20-14-6-2-4-8-17(14)28-18-9-5-3-7-15(18)20/h2-9,20H,10-12H2,1H3,(H,23,24,26). The first-order valence-corrected chi connectivity index (χ1v) is 10.3. The van der Waals surface area contributed by atoms with Crippen LogP contribution in [0.15, 0.2) is 48.5 Å². The molecule has 0 unspecified atom stereocenters. The first-order chi connectivity index (χ1) is 14.1. The number of carbonyl (C=O) groups excluding carboxylic acids is 2. The van der Waals surface area contributed by atoms with Crippen LogP contribution in [0.3, 0.4) is 0 Å². The zero-order valence-electron chi connectivity index (χ0n) is 15.8. The molecule has 0 aliphatic carbocycles. The fraction of sp³-hybridized carbons (Fsp3) is 0.227. The Bertz CT molecular complexity index is 1080. The maximum Gasteiger partial charge on any atom is 0.235 e. The zero-order valence-corrected chi connectivity index (χ0v) is 16.7. The third-order valence-electron chi connectivity index (χ3n) is 5.25. The number of carbonyl (C=O) groups is 2. The second-order valence-corrected chi connectivity index (χ2v) is 8.27. The molecule has 2 aliphatic heterocycles. The molecule has 0 fully saturated rings. The molecule has 29 heavy (non-hydrogen) atoms. The fourth-order valence-electron chi connectivity index (χ4n) is 3.95. The van der Waals surface area contributed by atoms with E-state index in [-0.39, 0.29) is 17.7 Å². The second-order valence-electron chi connectivity index (χ2n) is 7.19. The SMILES string of the molecule is CC(=O)Nc1nc2c(s1)CN(C(=O)C1c3ccccc3Oc3ccccc31)CC2. The molecule has 7 heteroatoms. The van der Waals surface area contributed by atoms with Crippen LogP contribution in [0.25, 0.3) is 0 Å². The molecular formula is C22H19N3O3S. The number of nitrogens with one attached hydrogen (secondary N) is 1. The summed E-state index contributed by atoms with van der Waals surface area (Å²) in [5.74, 6) is 0.995. The predicted octanol–water partition coefficient (Wildman–Crippen LogP) is 3.92. The van der Waals surface area contributed by atoms with Gasteiger partial charge in [-0.25, -0.2) is 4.98 Å². The number of benzene rings is 2. The maximum atomic E-state index is 13.7. The Morgan fingerprint density at radius 2 is 1.76 bits per heavy atom. The third kappa shape index (κ3) is 3.17. The fourth-order valence-corrected chi connectivity index (χ4v) is 5.02. The van der Waals surface area contributed by atoms with E-state index in [1.807, 2.05) is 53.4 Å². The normalized spacial score (nSPS) is 15.0. The molecule has 0 bridgehead atoms. The number of nitrogens with zero attached hydrogens (tertiary/aromatic N) is 2. The number of hydrogen-bond donors (Lipinski definition) is 1. The van der Waals surface area contributed by atoms with E-state index in [1.54, 1.807) is 0 Å². The molecule has 0 saturated carbocycles. The van der Waals surface area contributed by atoms with E-state index >= 15 is 0 Å². The Kier molecular flexibility index (Phi) is 4.32. The number of hydrogen-bond acceptors (Lipinski definition) is 5. The number of ether oxygens (including phenoxy) is 1. The van der Waals surface area contributed by atoms with E-state index in [0.717, 1.165) is 33.2 Å². The van der Waals surface area contributed by atoms with Crippen molar-refractivity contribution in [1.82, 2.24) is 9.88 Å². The Morgan fingerprint density at radius 1 is 1.10 bits per heavy atom. The van der Waals surface area contributed by atoms with Crippen molar-refractivity contribution in [3.05, 3.63) is 70.2 Å². The number of thiazole rings is 1. The average molecular weight is 405 g/mol. The lowest BCUT2D eigenvalue weighted by molar-refractivity contribution is -0.132. The van der Waals surface area contributed by atoms with E-state index in [2.05, 4.69) is 10.3 Å². The number of amides is 2. The van der Waals surface area contributed by atoms with Crippen LogP contribution in [0.1, 0.15) is 34.5 Å². The van der Waals surface area contributed by atoms with Gasteiger partial charge in [0.15, 0.2) is 5.13 Å². The molecule has 1 aromatic heterocycles. The number of rotatable bonds is 2. The topological polar surface area (TPSA) is 71.5 Å². The minimum atomic E-state index is -0.388. The number of para-hydroxylation sites is 2. The van der Waals surface area contributed by atoms with Gasteiger partial charge in [0.1, 0.15) is 11.5 Å². The highest BCUT2D eigenvalue weighted by Gasteiger charge is 2.36. The number of anilines is 1. The second kappa shape index (κ2) is 7.00. The summed E-state index contributed by atoms with van der Waals surface area (Å²) in [6.07, 6.45) is 0.684. The zero-order chi connectivity index (χ0) is 20.0. The van der Waals surface area contributed by atoms with Crippen molar-refractivity contribution >= 4 is 28.3 Å². The average Bonchev–Trinajstić information content (AvgIpc) is 3.12. The van der Waals surface area contributed by atoms with E-state index in [9.17, 15) is 9.59 Å². The molecule has 1 N–H and O–H groups in total. The van der Waals surface area contributed by atoms with E-state index < -0.39 is 0 Å². The minimum Gasteiger partial charge on any atom is -0.457 e. The summed E-state index contributed by atoms with van der Waals surface area (Å²) in [6, 6.07) is 15.5. The van der Waals surface area contributed by atoms with Crippen LogP contribution < -0.4 is 10.1 Å². The van der Waals surface area contributed by atoms with Crippen molar-refractivity contribution in [2.45, 2.75) is 25.8 Å². The van der Waals surface area contributed by atoms with Gasteiger partial charge >= 0.3 is 0 Å². The van der Waals surface area contributed by atoms with Crippen molar-refractivity contribution in [3.63, 3.8) is 0 Å². The summed E-state index contributed by atoms with van der Waals surface area (Å²) in [5, 5.41) is 3.34. The number of aromatic nitrogens is 1. The Balaban J connectivity index is 1.47. The molecule has 2 amide bonds. The van der Waals surface area contributed by atoms with E-state index in [1.165, 1.54) is 18.3 Å². The van der Waals surface area contributed by atoms with Crippen LogP contribution in [0.5, 0.6) is 11.5 Å². The Labute approximate surface area is 172 Å². The lowest BCUT2D eigenvalue weighted by Gasteiger charge is -2.33. The van der Waals surface area contributed by atoms with Gasteiger partial charge < -0.3 is 15.0 Å². The van der Waals surface area contributed by atoms with Crippen molar-refractivity contribution < 1.29 is 14.3 Å². The van der Waals surface area contributed by atoms with Crippen LogP contribution in [-0.4, -0.2) is 28.2 Å². The molecule has 0 radical (unpaired) electrons. The highest BCUT2D eigenvalue weighted by Crippen LogP contribution is 2.45. The van der Waals surface area contributed by atoms with Crippen LogP contribution in [-0.2, 0) is 22.6 Å². The molecule has 0 atom stereocenters. The Hall–Kier alpha value is -3.19. The van der Waals surface area contributed by atoms with Crippen LogP contribution in [0, 0.1) is 0 Å². The third-order valence-corrected chi connectivity index (χ3v) is 6.25. The Morgan fingerprint density at radius 3 is 2.41 bits per heavy atom. The lowest BCUT2D eigenvalue weighted by atomic mass is 9.86. The van der Waals surface area contributed by atoms with Gasteiger partial charge in [-0.05, 0) is 12.1 Å². The van der Waals surface area contributed by atoms with Gasteiger partial charge in [-0.2, -0.15) is 0 Å². The molecule has 2 aromatic carbocycles. The van der Waals surface area contributed by atoms with Gasteiger partial charge in [-0.15, -0.1) is 0 Å². The minimum absolute atomic E-state index is 0.0633. The highest BCUT2D eigenvalue weighted by atomic mass is 32.1. The van der Waals surface area contributed by atoms with Gasteiger partial charge in [0.05, 0.1) is 18.2 Å². The van der Waals surface area contributed by atoms with Crippen molar-refractivity contribution in [1.29, 1.82) is 0 Å². The van der Waals surface area contributed by atoms with Crippen molar-refractivity contribution in [2.75, 3.05) is 11.9 Å². The monoisotopic (exact) mass is 405 g/mol. The molecule has 0 saturated heterocycles. The molecule has 2 aliphatic rings. The predicted molar refractivity (Wildman–Crippen MR) is 110 cm³/mol. The van der Waals surface area contributed by atoms with E-state index in [4.69, 9.17) is 4.74 Å². The van der Waals surface area contributed by atoms with Crippen LogP contribution in [0.2, 0.25) is 0 Å². The molecular weight excluding hydrogens is 386 g/mol. The summed E-state index contributed by atoms with van der Waals surface area (Å²) >= 11 is 1.44. The summed E-state index contributed by atoms with van der Waals surface area (Å²) in [7, 11) is 0. The molecule has 5 rings (SSSR count). The quantitative estimate of drug-likeness (QED) is 0.701. The molecule has 146 valence electrons. The van der Waals surface area contributed by atoms with E-state index in [0.29, 0.717) is 24.6 Å². The highest BCUT2D eigenvalue weighted by molar-refractivity contribution is 7.15. The summed E-state index contributed by atoms with van der Waals surface area (Å²) in [4.78, 5) is 32.4. The lowest BCUT2D eigenvalue weighted by Crippen LogP contribution is -2.39. The van der Waals surface area contributed by atoms with Gasteiger partial charge in [0.25, 0.3) is 0 Å². The van der Waals surface area contributed by atoms with Crippen molar-refractivity contribution in [3.8, 4) is 11.5 Å². The summed E-state index contributed by atoms with van der Waals surface area (Å²) in [5.41, 5.74) is 2.76. The smallest absolute Gasteiger partial charge is 0.235 e. The first-order valence-electron chi connectivity index (χ1n) is 9.51. The van der Waals surface area contributed by atoms with Crippen LogP contribution in [0.4, 0.5) is 5.13 Å². The van der Waals surface area contributed by atoms with Gasteiger partial charge in [-0.3, -0.25) is 9.59 Å². The van der Waals surface area contributed by atoms with Gasteiger partial charge in [0, 0.05) is 35.9 Å². The molecule has 3 heterocycles. The van der Waals surface area contributed by atoms with Crippen LogP contribution >= 0.6 is 11.3 Å². The molecule has 0 spiro atoms. The van der Waals surface area contributed by atoms with Gasteiger partial charge in [-0.1, -0.05) is 47.7 Å². The van der Waals surface area contributed by atoms with Crippen molar-refractivity contribution in [2.24, 2.45) is 0 Å². The number of fused-ring (bicyclic) bond motifs is 3. The summed E-state index contributed by atoms with van der Waals surface area (Å²) in [6.45, 7) is 2.58. The maximum absolute atomic E-state index is 13.7. The molecule has 6 nitrogen and oxygen atoms in total.